The molecule has 2 rings (SSSR count). The van der Waals surface area contributed by atoms with Gasteiger partial charge in [-0.1, -0.05) is 30.3 Å². The summed E-state index contributed by atoms with van der Waals surface area (Å²) < 4.78 is 4.54. The predicted molar refractivity (Wildman–Crippen MR) is 99.7 cm³/mol. The van der Waals surface area contributed by atoms with E-state index in [-0.39, 0.29) is 30.0 Å². The third kappa shape index (κ3) is 5.90. The summed E-state index contributed by atoms with van der Waals surface area (Å²) in [6.07, 6.45) is 0.0390. The van der Waals surface area contributed by atoms with Crippen molar-refractivity contribution in [2.75, 3.05) is 13.7 Å². The number of ether oxygens (including phenoxy) is 1. The number of hydrogen-bond acceptors (Lipinski definition) is 6. The zero-order valence-electron chi connectivity index (χ0n) is 15.1. The molecule has 0 aromatic heterocycles. The maximum absolute atomic E-state index is 12.2. The number of benzene rings is 2. The number of hydrogen-bond donors (Lipinski definition) is 2. The van der Waals surface area contributed by atoms with E-state index >= 15 is 0 Å². The topological polar surface area (TPSA) is 128 Å². The summed E-state index contributed by atoms with van der Waals surface area (Å²) in [6.45, 7) is 0.413. The van der Waals surface area contributed by atoms with Crippen molar-refractivity contribution in [2.45, 2.75) is 13.0 Å². The summed E-state index contributed by atoms with van der Waals surface area (Å²) in [7, 11) is 1.13. The van der Waals surface area contributed by atoms with Crippen LogP contribution in [0.25, 0.3) is 0 Å². The summed E-state index contributed by atoms with van der Waals surface area (Å²) >= 11 is 0. The first-order valence-electron chi connectivity index (χ1n) is 8.37. The van der Waals surface area contributed by atoms with Crippen LogP contribution in [0.2, 0.25) is 0 Å². The van der Waals surface area contributed by atoms with Crippen LogP contribution in [-0.2, 0) is 16.1 Å². The molecule has 0 atom stereocenters. The molecule has 0 heterocycles. The van der Waals surface area contributed by atoms with Gasteiger partial charge in [-0.15, -0.1) is 0 Å². The highest BCUT2D eigenvalue weighted by Crippen LogP contribution is 2.18. The number of amides is 2. The molecule has 0 saturated carbocycles. The highest BCUT2D eigenvalue weighted by atomic mass is 16.6. The number of nitrogens with one attached hydrogen (secondary N) is 2. The van der Waals surface area contributed by atoms with Gasteiger partial charge in [0.2, 0.25) is 5.91 Å². The lowest BCUT2D eigenvalue weighted by Gasteiger charge is -2.08. The molecular weight excluding hydrogens is 366 g/mol. The monoisotopic (exact) mass is 385 g/mol. The van der Waals surface area contributed by atoms with Gasteiger partial charge in [0.1, 0.15) is 0 Å². The standard InChI is InChI=1S/C19H19N3O6/c1-28-19(25)15-9-14(10-16(11-15)22(26)27)18(24)20-8-7-17(23)21-12-13-5-3-2-4-6-13/h2-6,9-11H,7-8,12H2,1H3,(H,20,24)(H,21,23). The summed E-state index contributed by atoms with van der Waals surface area (Å²) in [5, 5.41) is 16.2. The minimum absolute atomic E-state index is 0.0374. The number of methoxy groups -OCH3 is 1. The van der Waals surface area contributed by atoms with Crippen molar-refractivity contribution < 1.29 is 24.0 Å². The lowest BCUT2D eigenvalue weighted by Crippen LogP contribution is -2.30. The van der Waals surface area contributed by atoms with E-state index in [1.165, 1.54) is 6.07 Å². The lowest BCUT2D eigenvalue weighted by atomic mass is 10.1. The van der Waals surface area contributed by atoms with Crippen LogP contribution in [0.15, 0.2) is 48.5 Å². The molecule has 9 nitrogen and oxygen atoms in total. The van der Waals surface area contributed by atoms with Gasteiger partial charge < -0.3 is 15.4 Å². The molecule has 0 fully saturated rings. The minimum atomic E-state index is -0.793. The number of carbonyl (C=O) groups excluding carboxylic acids is 3. The number of esters is 1. The molecule has 2 aromatic rings. The van der Waals surface area contributed by atoms with Gasteiger partial charge >= 0.3 is 5.97 Å². The maximum Gasteiger partial charge on any atom is 0.338 e. The number of nitro groups is 1. The Bertz CT molecular complexity index is 882. The highest BCUT2D eigenvalue weighted by Gasteiger charge is 2.18. The maximum atomic E-state index is 12.2. The fourth-order valence-electron chi connectivity index (χ4n) is 2.36. The normalized spacial score (nSPS) is 10.0. The van der Waals surface area contributed by atoms with Gasteiger partial charge in [0, 0.05) is 37.2 Å². The Balaban J connectivity index is 1.91. The second-order valence-electron chi connectivity index (χ2n) is 5.79. The Morgan fingerprint density at radius 2 is 1.71 bits per heavy atom. The van der Waals surface area contributed by atoms with Crippen molar-refractivity contribution in [2.24, 2.45) is 0 Å². The molecule has 0 aliphatic heterocycles. The van der Waals surface area contributed by atoms with Crippen LogP contribution in [0.1, 0.15) is 32.7 Å². The quantitative estimate of drug-likeness (QED) is 0.405. The number of carbonyl (C=O) groups is 3. The number of nitrogens with zero attached hydrogens (tertiary/aromatic N) is 1. The minimum Gasteiger partial charge on any atom is -0.465 e. The van der Waals surface area contributed by atoms with Crippen LogP contribution < -0.4 is 10.6 Å². The zero-order chi connectivity index (χ0) is 20.5. The van der Waals surface area contributed by atoms with Crippen molar-refractivity contribution in [3.8, 4) is 0 Å². The van der Waals surface area contributed by atoms with Gasteiger partial charge in [-0.05, 0) is 11.6 Å². The first-order chi connectivity index (χ1) is 13.4. The van der Waals surface area contributed by atoms with Crippen molar-refractivity contribution >= 4 is 23.5 Å². The molecule has 2 amide bonds. The van der Waals surface area contributed by atoms with Gasteiger partial charge in [0.25, 0.3) is 11.6 Å². The van der Waals surface area contributed by atoms with E-state index in [1.54, 1.807) is 0 Å². The average molecular weight is 385 g/mol. The predicted octanol–water partition coefficient (Wildman–Crippen LogP) is 1.82. The van der Waals surface area contributed by atoms with Crippen LogP contribution in [0, 0.1) is 10.1 Å². The number of non-ortho nitro benzene ring substituents is 1. The van der Waals surface area contributed by atoms with E-state index in [0.717, 1.165) is 24.8 Å². The summed E-state index contributed by atoms with van der Waals surface area (Å²) in [6, 6.07) is 12.6. The Labute approximate surface area is 160 Å². The molecule has 2 N–H and O–H groups in total. The fourth-order valence-corrected chi connectivity index (χ4v) is 2.36. The largest absolute Gasteiger partial charge is 0.465 e. The average Bonchev–Trinajstić information content (AvgIpc) is 2.71. The molecule has 0 spiro atoms. The van der Waals surface area contributed by atoms with Gasteiger partial charge in [0.15, 0.2) is 0 Å². The second kappa shape index (κ2) is 9.81. The van der Waals surface area contributed by atoms with Gasteiger partial charge in [-0.25, -0.2) is 4.79 Å². The van der Waals surface area contributed by atoms with Crippen LogP contribution >= 0.6 is 0 Å². The third-order valence-corrected chi connectivity index (χ3v) is 3.78. The molecule has 146 valence electrons. The Morgan fingerprint density at radius 3 is 2.36 bits per heavy atom. The van der Waals surface area contributed by atoms with Gasteiger partial charge in [0.05, 0.1) is 17.6 Å². The van der Waals surface area contributed by atoms with Gasteiger partial charge in [-0.3, -0.25) is 19.7 Å². The van der Waals surface area contributed by atoms with E-state index in [9.17, 15) is 24.5 Å². The van der Waals surface area contributed by atoms with Crippen molar-refractivity contribution in [3.63, 3.8) is 0 Å². The highest BCUT2D eigenvalue weighted by molar-refractivity contribution is 5.99. The summed E-state index contributed by atoms with van der Waals surface area (Å²) in [4.78, 5) is 46.0. The Kier molecular flexibility index (Phi) is 7.21. The van der Waals surface area contributed by atoms with Crippen LogP contribution in [-0.4, -0.2) is 36.4 Å². The SMILES string of the molecule is COC(=O)c1cc(C(=O)NCCC(=O)NCc2ccccc2)cc([N+](=O)[O-])c1. The van der Waals surface area contributed by atoms with Crippen LogP contribution in [0.3, 0.4) is 0 Å². The van der Waals surface area contributed by atoms with Crippen molar-refractivity contribution in [3.05, 3.63) is 75.3 Å². The first kappa shape index (κ1) is 20.6. The molecule has 2 aromatic carbocycles. The van der Waals surface area contributed by atoms with Crippen molar-refractivity contribution in [1.82, 2.24) is 10.6 Å². The number of rotatable bonds is 8. The second-order valence-corrected chi connectivity index (χ2v) is 5.79. The molecule has 28 heavy (non-hydrogen) atoms. The summed E-state index contributed by atoms with van der Waals surface area (Å²) in [5.74, 6) is -1.68. The van der Waals surface area contributed by atoms with Crippen LogP contribution in [0.4, 0.5) is 5.69 Å². The molecule has 0 radical (unpaired) electrons. The fraction of sp³-hybridized carbons (Fsp3) is 0.211. The van der Waals surface area contributed by atoms with E-state index < -0.39 is 22.5 Å². The first-order valence-corrected chi connectivity index (χ1v) is 8.37. The zero-order valence-corrected chi connectivity index (χ0v) is 15.1. The lowest BCUT2D eigenvalue weighted by molar-refractivity contribution is -0.384. The van der Waals surface area contributed by atoms with E-state index in [1.807, 2.05) is 30.3 Å². The molecule has 0 aliphatic rings. The van der Waals surface area contributed by atoms with E-state index in [0.29, 0.717) is 6.54 Å². The van der Waals surface area contributed by atoms with Crippen LogP contribution in [0.5, 0.6) is 0 Å². The Hall–Kier alpha value is -3.75. The van der Waals surface area contributed by atoms with Crippen molar-refractivity contribution in [1.29, 1.82) is 0 Å². The van der Waals surface area contributed by atoms with E-state index in [2.05, 4.69) is 15.4 Å². The third-order valence-electron chi connectivity index (χ3n) is 3.78. The van der Waals surface area contributed by atoms with E-state index in [4.69, 9.17) is 0 Å². The summed E-state index contributed by atoms with van der Waals surface area (Å²) in [5.41, 5.74) is 0.363. The number of nitro benzene ring substituents is 1. The van der Waals surface area contributed by atoms with Gasteiger partial charge in [-0.2, -0.15) is 0 Å². The molecular formula is C19H19N3O6. The molecule has 0 unspecified atom stereocenters. The molecule has 0 aliphatic carbocycles. The molecule has 0 bridgehead atoms. The smallest absolute Gasteiger partial charge is 0.338 e. The Morgan fingerprint density at radius 1 is 1.04 bits per heavy atom. The molecule has 0 saturated heterocycles. The molecule has 9 heteroatoms.